The van der Waals surface area contributed by atoms with Crippen molar-refractivity contribution in [2.24, 2.45) is 5.92 Å². The number of nitrogens with zero attached hydrogens (tertiary/aromatic N) is 4. The van der Waals surface area contributed by atoms with Crippen LogP contribution >= 0.6 is 11.3 Å². The van der Waals surface area contributed by atoms with Crippen molar-refractivity contribution in [1.82, 2.24) is 20.0 Å². The van der Waals surface area contributed by atoms with Crippen molar-refractivity contribution in [2.75, 3.05) is 0 Å². The predicted octanol–water partition coefficient (Wildman–Crippen LogP) is 3.11. The second-order valence-corrected chi connectivity index (χ2v) is 6.81. The van der Waals surface area contributed by atoms with Gasteiger partial charge in [-0.05, 0) is 18.9 Å². The van der Waals surface area contributed by atoms with Gasteiger partial charge in [0.1, 0.15) is 9.71 Å². The molecule has 0 aliphatic rings. The number of esters is 1. The standard InChI is InChI=1S/C15H18N4O3S/c1-8(2)6-19-14-11(9(3)18-19)5-12(23-14)15(20)21-7-13-17-16-10(4)22-13/h5,8H,6-7H2,1-4H3. The topological polar surface area (TPSA) is 83.0 Å². The third kappa shape index (κ3) is 3.26. The van der Waals surface area contributed by atoms with E-state index in [2.05, 4.69) is 29.1 Å². The highest BCUT2D eigenvalue weighted by Gasteiger charge is 2.18. The first-order chi connectivity index (χ1) is 10.9. The molecule has 0 saturated heterocycles. The minimum atomic E-state index is -0.391. The Kier molecular flexibility index (Phi) is 4.16. The number of rotatable bonds is 5. The number of ether oxygens (including phenoxy) is 1. The van der Waals surface area contributed by atoms with Crippen molar-refractivity contribution < 1.29 is 13.9 Å². The second kappa shape index (κ2) is 6.11. The number of aromatic nitrogens is 4. The van der Waals surface area contributed by atoms with Gasteiger partial charge in [0.2, 0.25) is 5.89 Å². The van der Waals surface area contributed by atoms with Gasteiger partial charge < -0.3 is 9.15 Å². The Bertz CT molecular complexity index is 846. The van der Waals surface area contributed by atoms with Gasteiger partial charge in [-0.2, -0.15) is 5.10 Å². The Balaban J connectivity index is 1.78. The van der Waals surface area contributed by atoms with Crippen LogP contribution in [0.5, 0.6) is 0 Å². The zero-order valence-corrected chi connectivity index (χ0v) is 14.3. The van der Waals surface area contributed by atoms with Crippen molar-refractivity contribution in [1.29, 1.82) is 0 Å². The number of fused-ring (bicyclic) bond motifs is 1. The van der Waals surface area contributed by atoms with Crippen LogP contribution in [-0.2, 0) is 17.9 Å². The molecule has 0 fully saturated rings. The lowest BCUT2D eigenvalue weighted by Crippen LogP contribution is -2.06. The molecule has 23 heavy (non-hydrogen) atoms. The van der Waals surface area contributed by atoms with E-state index in [-0.39, 0.29) is 6.61 Å². The second-order valence-electron chi connectivity index (χ2n) is 5.78. The molecule has 0 N–H and O–H groups in total. The van der Waals surface area contributed by atoms with Crippen LogP contribution in [0.3, 0.4) is 0 Å². The molecule has 0 aliphatic carbocycles. The summed E-state index contributed by atoms with van der Waals surface area (Å²) in [5.41, 5.74) is 0.920. The molecule has 3 aromatic rings. The monoisotopic (exact) mass is 334 g/mol. The zero-order chi connectivity index (χ0) is 16.6. The highest BCUT2D eigenvalue weighted by molar-refractivity contribution is 7.20. The van der Waals surface area contributed by atoms with E-state index in [0.29, 0.717) is 22.6 Å². The van der Waals surface area contributed by atoms with Crippen molar-refractivity contribution in [2.45, 2.75) is 40.8 Å². The average molecular weight is 334 g/mol. The summed E-state index contributed by atoms with van der Waals surface area (Å²) >= 11 is 1.39. The van der Waals surface area contributed by atoms with E-state index in [1.54, 1.807) is 6.92 Å². The first-order valence-electron chi connectivity index (χ1n) is 7.37. The molecule has 0 bridgehead atoms. The normalized spacial score (nSPS) is 11.5. The van der Waals surface area contributed by atoms with Gasteiger partial charge in [-0.15, -0.1) is 21.5 Å². The van der Waals surface area contributed by atoms with Crippen LogP contribution in [0, 0.1) is 19.8 Å². The van der Waals surface area contributed by atoms with Crippen LogP contribution in [0.4, 0.5) is 0 Å². The third-order valence-corrected chi connectivity index (χ3v) is 4.37. The van der Waals surface area contributed by atoms with Gasteiger partial charge in [0.15, 0.2) is 6.61 Å². The molecule has 8 heteroatoms. The fourth-order valence-electron chi connectivity index (χ4n) is 2.28. The summed E-state index contributed by atoms with van der Waals surface area (Å²) in [5, 5.41) is 13.0. The van der Waals surface area contributed by atoms with E-state index < -0.39 is 5.97 Å². The van der Waals surface area contributed by atoms with Gasteiger partial charge in [0.25, 0.3) is 5.89 Å². The van der Waals surface area contributed by atoms with Crippen molar-refractivity contribution in [3.05, 3.63) is 28.4 Å². The molecule has 0 atom stereocenters. The van der Waals surface area contributed by atoms with Crippen LogP contribution in [-0.4, -0.2) is 25.9 Å². The molecule has 0 spiro atoms. The SMILES string of the molecule is Cc1nnc(COC(=O)c2cc3c(C)nn(CC(C)C)c3s2)o1. The number of thiophene rings is 1. The quantitative estimate of drug-likeness (QED) is 0.667. The maximum atomic E-state index is 12.2. The molecule has 0 saturated carbocycles. The fourth-order valence-corrected chi connectivity index (χ4v) is 3.34. The Labute approximate surface area is 137 Å². The van der Waals surface area contributed by atoms with Crippen LogP contribution in [0.15, 0.2) is 10.5 Å². The minimum absolute atomic E-state index is 0.0228. The summed E-state index contributed by atoms with van der Waals surface area (Å²) in [6.07, 6.45) is 0. The molecule has 0 amide bonds. The smallest absolute Gasteiger partial charge is 0.348 e. The maximum absolute atomic E-state index is 12.2. The summed E-state index contributed by atoms with van der Waals surface area (Å²) in [6.45, 7) is 8.71. The molecule has 7 nitrogen and oxygen atoms in total. The lowest BCUT2D eigenvalue weighted by molar-refractivity contribution is 0.0443. The summed E-state index contributed by atoms with van der Waals surface area (Å²) < 4.78 is 12.4. The van der Waals surface area contributed by atoms with Crippen molar-refractivity contribution in [3.8, 4) is 0 Å². The number of hydrogen-bond donors (Lipinski definition) is 0. The Morgan fingerprint density at radius 3 is 2.83 bits per heavy atom. The highest BCUT2D eigenvalue weighted by Crippen LogP contribution is 2.29. The molecule has 0 unspecified atom stereocenters. The van der Waals surface area contributed by atoms with Gasteiger partial charge in [-0.25, -0.2) is 4.79 Å². The van der Waals surface area contributed by atoms with Crippen molar-refractivity contribution >= 4 is 27.5 Å². The van der Waals surface area contributed by atoms with E-state index in [4.69, 9.17) is 9.15 Å². The van der Waals surface area contributed by atoms with E-state index in [1.165, 1.54) is 11.3 Å². The van der Waals surface area contributed by atoms with Crippen LogP contribution in [0.2, 0.25) is 0 Å². The molecule has 0 radical (unpaired) electrons. The first-order valence-corrected chi connectivity index (χ1v) is 8.18. The molecule has 3 rings (SSSR count). The predicted molar refractivity (Wildman–Crippen MR) is 85.3 cm³/mol. The van der Waals surface area contributed by atoms with Gasteiger partial charge in [-0.1, -0.05) is 13.8 Å². The van der Waals surface area contributed by atoms with Crippen LogP contribution < -0.4 is 0 Å². The first kappa shape index (κ1) is 15.7. The van der Waals surface area contributed by atoms with Crippen molar-refractivity contribution in [3.63, 3.8) is 0 Å². The Morgan fingerprint density at radius 1 is 1.39 bits per heavy atom. The molecule has 0 aromatic carbocycles. The van der Waals surface area contributed by atoms with Crippen LogP contribution in [0.1, 0.15) is 41.0 Å². The third-order valence-electron chi connectivity index (χ3n) is 3.24. The largest absolute Gasteiger partial charge is 0.451 e. The van der Waals surface area contributed by atoms with Gasteiger partial charge in [-0.3, -0.25) is 4.68 Å². The summed E-state index contributed by atoms with van der Waals surface area (Å²) in [6, 6.07) is 1.83. The van der Waals surface area contributed by atoms with Gasteiger partial charge >= 0.3 is 5.97 Å². The molecule has 3 heterocycles. The maximum Gasteiger partial charge on any atom is 0.348 e. The lowest BCUT2D eigenvalue weighted by Gasteiger charge is -2.04. The van der Waals surface area contributed by atoms with E-state index in [0.717, 1.165) is 22.5 Å². The summed E-state index contributed by atoms with van der Waals surface area (Å²) in [4.78, 5) is 13.8. The fraction of sp³-hybridized carbons (Fsp3) is 0.467. The van der Waals surface area contributed by atoms with Gasteiger partial charge in [0, 0.05) is 18.9 Å². The number of hydrogen-bond acceptors (Lipinski definition) is 7. The zero-order valence-electron chi connectivity index (χ0n) is 13.5. The Hall–Kier alpha value is -2.22. The molecule has 3 aromatic heterocycles. The molecule has 0 aliphatic heterocycles. The summed E-state index contributed by atoms with van der Waals surface area (Å²) in [7, 11) is 0. The summed E-state index contributed by atoms with van der Waals surface area (Å²) in [5.74, 6) is 0.828. The average Bonchev–Trinajstić information content (AvgIpc) is 3.15. The van der Waals surface area contributed by atoms with E-state index >= 15 is 0 Å². The Morgan fingerprint density at radius 2 is 2.17 bits per heavy atom. The molecule has 122 valence electrons. The number of aryl methyl sites for hydroxylation is 2. The number of carbonyl (C=O) groups excluding carboxylic acids is 1. The number of carbonyl (C=O) groups is 1. The van der Waals surface area contributed by atoms with Gasteiger partial charge in [0.05, 0.1) is 5.69 Å². The molecular weight excluding hydrogens is 316 g/mol. The highest BCUT2D eigenvalue weighted by atomic mass is 32.1. The van der Waals surface area contributed by atoms with E-state index in [1.807, 2.05) is 17.7 Å². The minimum Gasteiger partial charge on any atom is -0.451 e. The van der Waals surface area contributed by atoms with E-state index in [9.17, 15) is 4.79 Å². The molecular formula is C15H18N4O3S. The van der Waals surface area contributed by atoms with Crippen LogP contribution in [0.25, 0.3) is 10.2 Å². The lowest BCUT2D eigenvalue weighted by atomic mass is 10.2.